The third-order valence-electron chi connectivity index (χ3n) is 5.39. The van der Waals surface area contributed by atoms with Crippen molar-refractivity contribution in [3.8, 4) is 17.5 Å². The molecule has 9 heteroatoms. The fourth-order valence-electron chi connectivity index (χ4n) is 3.73. The Morgan fingerprint density at radius 2 is 1.89 bits per heavy atom. The molecule has 0 aliphatic heterocycles. The Kier molecular flexibility index (Phi) is 8.95. The predicted octanol–water partition coefficient (Wildman–Crippen LogP) is 3.95. The maximum Gasteiger partial charge on any atom is 0.267 e. The van der Waals surface area contributed by atoms with Crippen molar-refractivity contribution in [1.82, 2.24) is 19.3 Å². The van der Waals surface area contributed by atoms with Crippen LogP contribution in [-0.4, -0.2) is 31.5 Å². The maximum atomic E-state index is 13.2. The number of nitrogens with zero attached hydrogens (tertiary/aromatic N) is 5. The van der Waals surface area contributed by atoms with Crippen LogP contribution in [-0.2, 0) is 13.5 Å². The Hall–Kier alpha value is -4.97. The Bertz CT molecular complexity index is 1620. The van der Waals surface area contributed by atoms with Crippen LogP contribution in [0.4, 0.5) is 11.6 Å². The number of para-hydroxylation sites is 1. The fourth-order valence-corrected chi connectivity index (χ4v) is 3.73. The lowest BCUT2D eigenvalue weighted by Gasteiger charge is -2.13. The van der Waals surface area contributed by atoms with E-state index < -0.39 is 5.91 Å². The summed E-state index contributed by atoms with van der Waals surface area (Å²) in [4.78, 5) is 32.9. The van der Waals surface area contributed by atoms with Gasteiger partial charge in [-0.2, -0.15) is 5.10 Å². The number of aromatic nitrogens is 4. The summed E-state index contributed by atoms with van der Waals surface area (Å²) in [5.41, 5.74) is 13.0. The number of rotatable bonds is 5. The van der Waals surface area contributed by atoms with E-state index in [4.69, 9.17) is 16.5 Å². The summed E-state index contributed by atoms with van der Waals surface area (Å²) in [5.74, 6) is 7.05. The number of carbonyl (C=O) groups excluding carboxylic acids is 1. The topological polar surface area (TPSA) is 134 Å². The van der Waals surface area contributed by atoms with Gasteiger partial charge >= 0.3 is 0 Å². The van der Waals surface area contributed by atoms with Crippen molar-refractivity contribution in [2.24, 2.45) is 23.7 Å². The van der Waals surface area contributed by atoms with Gasteiger partial charge in [-0.3, -0.25) is 14.2 Å². The summed E-state index contributed by atoms with van der Waals surface area (Å²) in [7, 11) is 1.62. The van der Waals surface area contributed by atoms with Crippen molar-refractivity contribution in [3.05, 3.63) is 88.5 Å². The highest BCUT2D eigenvalue weighted by atomic mass is 16.1. The number of hydrogen-bond donors (Lipinski definition) is 2. The third kappa shape index (κ3) is 6.05. The van der Waals surface area contributed by atoms with Crippen molar-refractivity contribution in [2.45, 2.75) is 27.2 Å². The number of benzene rings is 2. The second kappa shape index (κ2) is 12.3. The summed E-state index contributed by atoms with van der Waals surface area (Å²) in [5, 5.41) is 4.42. The Morgan fingerprint density at radius 3 is 2.50 bits per heavy atom. The van der Waals surface area contributed by atoms with Crippen LogP contribution in [0.2, 0.25) is 0 Å². The molecule has 2 heterocycles. The van der Waals surface area contributed by atoms with Crippen molar-refractivity contribution >= 4 is 34.7 Å². The average molecular weight is 510 g/mol. The molecule has 0 saturated carbocycles. The van der Waals surface area contributed by atoms with Gasteiger partial charge in [-0.1, -0.05) is 69.5 Å². The molecule has 2 aromatic heterocycles. The number of nitrogens with two attached hydrogens (primary N) is 2. The molecule has 2 aromatic carbocycles. The van der Waals surface area contributed by atoms with Gasteiger partial charge in [-0.15, -0.1) is 0 Å². The number of fused-ring (bicyclic) bond motifs is 1. The van der Waals surface area contributed by atoms with E-state index in [1.807, 2.05) is 69.3 Å². The number of primary amides is 1. The molecule has 0 bridgehead atoms. The van der Waals surface area contributed by atoms with E-state index in [1.54, 1.807) is 11.6 Å². The molecule has 4 aromatic rings. The number of aliphatic imine (C=N–C) groups is 1. The van der Waals surface area contributed by atoms with E-state index >= 15 is 0 Å². The molecule has 194 valence electrons. The molecule has 1 amide bonds. The molecular weight excluding hydrogens is 478 g/mol. The minimum Gasteiger partial charge on any atom is -0.381 e. The second-order valence-electron chi connectivity index (χ2n) is 8.57. The number of anilines is 1. The zero-order chi connectivity index (χ0) is 27.8. The molecule has 0 radical (unpaired) electrons. The number of carbonyl (C=O) groups is 1. The van der Waals surface area contributed by atoms with Gasteiger partial charge in [0, 0.05) is 31.2 Å². The lowest BCUT2D eigenvalue weighted by molar-refractivity contribution is 0.100. The molecule has 4 rings (SSSR count). The molecule has 0 spiro atoms. The monoisotopic (exact) mass is 509 g/mol. The average Bonchev–Trinajstić information content (AvgIpc) is 3.19. The zero-order valence-electron chi connectivity index (χ0n) is 22.0. The van der Waals surface area contributed by atoms with Gasteiger partial charge < -0.3 is 11.5 Å². The van der Waals surface area contributed by atoms with Crippen LogP contribution in [0, 0.1) is 17.8 Å². The van der Waals surface area contributed by atoms with E-state index in [0.29, 0.717) is 23.1 Å². The van der Waals surface area contributed by atoms with Crippen LogP contribution in [0.3, 0.4) is 0 Å². The molecule has 0 aliphatic rings. The van der Waals surface area contributed by atoms with E-state index in [1.165, 1.54) is 17.0 Å². The van der Waals surface area contributed by atoms with Gasteiger partial charge in [0.25, 0.3) is 11.5 Å². The van der Waals surface area contributed by atoms with Gasteiger partial charge in [0.2, 0.25) is 0 Å². The minimum atomic E-state index is -0.646. The Balaban J connectivity index is 0.000000244. The second-order valence-corrected chi connectivity index (χ2v) is 8.57. The van der Waals surface area contributed by atoms with Crippen LogP contribution in [0.15, 0.2) is 71.0 Å². The zero-order valence-corrected chi connectivity index (χ0v) is 22.0. The first-order chi connectivity index (χ1) is 18.2. The molecular formula is C29H31N7O2. The summed E-state index contributed by atoms with van der Waals surface area (Å²) >= 11 is 0. The van der Waals surface area contributed by atoms with Crippen LogP contribution < -0.4 is 17.0 Å². The first-order valence-corrected chi connectivity index (χ1v) is 12.1. The van der Waals surface area contributed by atoms with Crippen molar-refractivity contribution < 1.29 is 4.79 Å². The lowest BCUT2D eigenvalue weighted by Crippen LogP contribution is -2.24. The number of aryl methyl sites for hydroxylation is 2. The summed E-state index contributed by atoms with van der Waals surface area (Å²) in [6, 6.07) is 15.3. The summed E-state index contributed by atoms with van der Waals surface area (Å²) < 4.78 is 3.08. The van der Waals surface area contributed by atoms with Crippen LogP contribution in [0.5, 0.6) is 0 Å². The normalized spacial score (nSPS) is 10.7. The minimum absolute atomic E-state index is 0.0586. The van der Waals surface area contributed by atoms with Gasteiger partial charge in [0.05, 0.1) is 16.6 Å². The third-order valence-corrected chi connectivity index (χ3v) is 5.39. The lowest BCUT2D eigenvalue weighted by atomic mass is 10.1. The molecule has 38 heavy (non-hydrogen) atoms. The standard InChI is InChI=1S/C21H20N2O.C8H11N5O/c1-4-19-22-18-12-8-9-16(14-13-15(2)3)20(18)21(24)23(19)17-10-6-5-7-11-17;1-3-4-11-8-5(7(10)14)6(9)12-13(8)2/h5-12,15H,4H2,1-3H3;3-4H,1H2,2H3,(H2,9,12)(H2,10,14)/b;11-4-. The first kappa shape index (κ1) is 27.6. The van der Waals surface area contributed by atoms with E-state index in [9.17, 15) is 9.59 Å². The Morgan fingerprint density at radius 1 is 1.18 bits per heavy atom. The summed E-state index contributed by atoms with van der Waals surface area (Å²) in [6.07, 6.45) is 3.60. The molecule has 0 unspecified atom stereocenters. The van der Waals surface area contributed by atoms with Gasteiger partial charge in [-0.25, -0.2) is 14.7 Å². The molecule has 0 aliphatic carbocycles. The maximum absolute atomic E-state index is 13.2. The number of amides is 1. The molecule has 0 fully saturated rings. The van der Waals surface area contributed by atoms with Gasteiger partial charge in [0.15, 0.2) is 11.6 Å². The highest BCUT2D eigenvalue weighted by Gasteiger charge is 2.17. The van der Waals surface area contributed by atoms with Crippen molar-refractivity contribution in [1.29, 1.82) is 0 Å². The molecule has 9 nitrogen and oxygen atoms in total. The number of nitrogen functional groups attached to an aromatic ring is 1. The van der Waals surface area contributed by atoms with Gasteiger partial charge in [0.1, 0.15) is 11.4 Å². The van der Waals surface area contributed by atoms with Crippen LogP contribution in [0.25, 0.3) is 16.6 Å². The van der Waals surface area contributed by atoms with E-state index in [0.717, 1.165) is 17.1 Å². The van der Waals surface area contributed by atoms with E-state index in [-0.39, 0.29) is 22.9 Å². The van der Waals surface area contributed by atoms with E-state index in [2.05, 4.69) is 28.5 Å². The van der Waals surface area contributed by atoms with Crippen LogP contribution in [0.1, 0.15) is 42.5 Å². The number of hydrogen-bond acceptors (Lipinski definition) is 6. The quantitative estimate of drug-likeness (QED) is 0.310. The molecule has 0 saturated heterocycles. The molecule has 0 atom stereocenters. The SMILES string of the molecule is C=C/C=N\c1c(C(N)=O)c(N)nn1C.CCc1nc2cccc(C#CC(C)C)c2c(=O)n1-c1ccccc1. The first-order valence-electron chi connectivity index (χ1n) is 12.1. The summed E-state index contributed by atoms with van der Waals surface area (Å²) in [6.45, 7) is 9.54. The highest BCUT2D eigenvalue weighted by molar-refractivity contribution is 6.02. The Labute approximate surface area is 221 Å². The molecule has 4 N–H and O–H groups in total. The smallest absolute Gasteiger partial charge is 0.267 e. The van der Waals surface area contributed by atoms with Crippen molar-refractivity contribution in [3.63, 3.8) is 0 Å². The van der Waals surface area contributed by atoms with Gasteiger partial charge in [-0.05, 0) is 24.3 Å². The van der Waals surface area contributed by atoms with Crippen molar-refractivity contribution in [2.75, 3.05) is 5.73 Å². The fraction of sp³-hybridized carbons (Fsp3) is 0.207. The highest BCUT2D eigenvalue weighted by Crippen LogP contribution is 2.23. The number of allylic oxidation sites excluding steroid dienone is 1. The predicted molar refractivity (Wildman–Crippen MR) is 153 cm³/mol. The largest absolute Gasteiger partial charge is 0.381 e. The van der Waals surface area contributed by atoms with Crippen LogP contribution >= 0.6 is 0 Å².